The third-order valence-electron chi connectivity index (χ3n) is 3.51. The average molecular weight is 452 g/mol. The van der Waals surface area contributed by atoms with Crippen molar-refractivity contribution < 1.29 is 13.8 Å². The third kappa shape index (κ3) is 11.5. The van der Waals surface area contributed by atoms with Crippen molar-refractivity contribution in [3.63, 3.8) is 0 Å². The van der Waals surface area contributed by atoms with Crippen molar-refractivity contribution in [2.24, 2.45) is 0 Å². The molecule has 1 atom stereocenters. The third-order valence-corrected chi connectivity index (χ3v) is 5.98. The number of hydrogen-bond acceptors (Lipinski definition) is 5. The van der Waals surface area contributed by atoms with Crippen LogP contribution >= 0.6 is 24.5 Å². The van der Waals surface area contributed by atoms with Crippen LogP contribution < -0.4 is 5.32 Å². The van der Waals surface area contributed by atoms with Crippen molar-refractivity contribution in [2.75, 3.05) is 19.8 Å². The molecule has 6 nitrogen and oxygen atoms in total. The van der Waals surface area contributed by atoms with Crippen LogP contribution in [0.4, 0.5) is 0 Å². The Morgan fingerprint density at radius 2 is 1.73 bits per heavy atom. The number of rotatable bonds is 14. The molecule has 8 heteroatoms. The fourth-order valence-electron chi connectivity index (χ4n) is 2.27. The first kappa shape index (κ1) is 25.8. The highest BCUT2D eigenvalue weighted by atomic mass is 79.9. The zero-order valence-electron chi connectivity index (χ0n) is 17.0. The van der Waals surface area contributed by atoms with Gasteiger partial charge in [-0.15, -0.1) is 0 Å². The van der Waals surface area contributed by atoms with Crippen LogP contribution in [-0.4, -0.2) is 46.7 Å². The molecule has 0 aliphatic rings. The molecule has 0 aliphatic heterocycles. The highest BCUT2D eigenvalue weighted by Gasteiger charge is 2.27. The van der Waals surface area contributed by atoms with Crippen molar-refractivity contribution >= 4 is 30.4 Å². The van der Waals surface area contributed by atoms with Crippen LogP contribution in [0.1, 0.15) is 67.2 Å². The minimum Gasteiger partial charge on any atom is -0.355 e. The second-order valence-corrected chi connectivity index (χ2v) is 10.6. The maximum absolute atomic E-state index is 11.7. The SMILES string of the molecule is CC(C)N(C(C)C)P(OCCC#N)OCCCCCNC(=O)C(C)(C)Br. The lowest BCUT2D eigenvalue weighted by Crippen LogP contribution is -2.37. The van der Waals surface area contributed by atoms with Gasteiger partial charge in [-0.3, -0.25) is 4.79 Å². The molecule has 0 heterocycles. The van der Waals surface area contributed by atoms with Crippen LogP contribution in [0.2, 0.25) is 0 Å². The van der Waals surface area contributed by atoms with Crippen LogP contribution in [0.3, 0.4) is 0 Å². The molecule has 0 saturated carbocycles. The van der Waals surface area contributed by atoms with E-state index in [0.717, 1.165) is 19.3 Å². The largest absolute Gasteiger partial charge is 0.355 e. The smallest absolute Gasteiger partial charge is 0.259 e. The number of nitrogens with one attached hydrogen (secondary N) is 1. The van der Waals surface area contributed by atoms with E-state index in [4.69, 9.17) is 14.3 Å². The van der Waals surface area contributed by atoms with Gasteiger partial charge in [0, 0.05) is 18.6 Å². The summed E-state index contributed by atoms with van der Waals surface area (Å²) in [5.74, 6) is 0.00710. The summed E-state index contributed by atoms with van der Waals surface area (Å²) in [5.41, 5.74) is 0. The fourth-order valence-corrected chi connectivity index (χ4v) is 4.04. The number of hydrogen-bond donors (Lipinski definition) is 1. The maximum atomic E-state index is 11.7. The summed E-state index contributed by atoms with van der Waals surface area (Å²) in [6.07, 6.45) is 3.19. The fraction of sp³-hybridized carbons (Fsp3) is 0.889. The zero-order valence-corrected chi connectivity index (χ0v) is 19.5. The van der Waals surface area contributed by atoms with E-state index in [9.17, 15) is 4.79 Å². The van der Waals surface area contributed by atoms with Gasteiger partial charge in [-0.2, -0.15) is 5.26 Å². The molecule has 0 aliphatic carbocycles. The van der Waals surface area contributed by atoms with E-state index in [2.05, 4.69) is 59.7 Å². The number of unbranched alkanes of at least 4 members (excludes halogenated alkanes) is 2. The van der Waals surface area contributed by atoms with Gasteiger partial charge < -0.3 is 14.4 Å². The lowest BCUT2D eigenvalue weighted by Gasteiger charge is -2.35. The first-order chi connectivity index (χ1) is 12.1. The molecule has 1 unspecified atom stereocenters. The number of carbonyl (C=O) groups is 1. The summed E-state index contributed by atoms with van der Waals surface area (Å²) < 4.78 is 13.6. The highest BCUT2D eigenvalue weighted by molar-refractivity contribution is 9.10. The number of amides is 1. The Morgan fingerprint density at radius 3 is 2.23 bits per heavy atom. The number of carbonyl (C=O) groups excluding carboxylic acids is 1. The lowest BCUT2D eigenvalue weighted by molar-refractivity contribution is -0.122. The molecule has 0 saturated heterocycles. The van der Waals surface area contributed by atoms with Crippen LogP contribution in [0.25, 0.3) is 0 Å². The van der Waals surface area contributed by atoms with Gasteiger partial charge in [0.25, 0.3) is 8.53 Å². The molecular formula is C18H35BrN3O3P. The van der Waals surface area contributed by atoms with Gasteiger partial charge in [0.1, 0.15) is 0 Å². The molecule has 1 N–H and O–H groups in total. The molecule has 0 radical (unpaired) electrons. The predicted molar refractivity (Wildman–Crippen MR) is 111 cm³/mol. The van der Waals surface area contributed by atoms with E-state index >= 15 is 0 Å². The summed E-state index contributed by atoms with van der Waals surface area (Å²) in [4.78, 5) is 11.7. The Hall–Kier alpha value is -0.250. The molecule has 0 spiro atoms. The van der Waals surface area contributed by atoms with Gasteiger partial charge >= 0.3 is 0 Å². The average Bonchev–Trinajstić information content (AvgIpc) is 2.51. The second kappa shape index (κ2) is 13.8. The molecule has 152 valence electrons. The Balaban J connectivity index is 4.20. The minimum atomic E-state index is -1.16. The number of nitriles is 1. The van der Waals surface area contributed by atoms with E-state index in [0.29, 0.717) is 38.3 Å². The van der Waals surface area contributed by atoms with Crippen molar-refractivity contribution in [3.05, 3.63) is 0 Å². The van der Waals surface area contributed by atoms with E-state index in [-0.39, 0.29) is 5.91 Å². The maximum Gasteiger partial charge on any atom is 0.259 e. The molecule has 0 bridgehead atoms. The van der Waals surface area contributed by atoms with Crippen LogP contribution in [0.15, 0.2) is 0 Å². The van der Waals surface area contributed by atoms with E-state index in [1.165, 1.54) is 0 Å². The summed E-state index contributed by atoms with van der Waals surface area (Å²) in [7, 11) is -1.16. The molecule has 0 rings (SSSR count). The van der Waals surface area contributed by atoms with E-state index in [1.807, 2.05) is 13.8 Å². The van der Waals surface area contributed by atoms with Crippen LogP contribution in [-0.2, 0) is 13.8 Å². The molecule has 1 amide bonds. The molecule has 0 aromatic rings. The molecule has 26 heavy (non-hydrogen) atoms. The van der Waals surface area contributed by atoms with Gasteiger partial charge in [0.2, 0.25) is 5.91 Å². The van der Waals surface area contributed by atoms with Gasteiger partial charge in [-0.05, 0) is 60.8 Å². The first-order valence-corrected chi connectivity index (χ1v) is 11.2. The highest BCUT2D eigenvalue weighted by Crippen LogP contribution is 2.46. The Labute approximate surface area is 169 Å². The van der Waals surface area contributed by atoms with Crippen LogP contribution in [0.5, 0.6) is 0 Å². The normalized spacial score (nSPS) is 13.3. The summed E-state index contributed by atoms with van der Waals surface area (Å²) in [5, 5.41) is 11.6. The monoisotopic (exact) mass is 451 g/mol. The van der Waals surface area contributed by atoms with Crippen molar-refractivity contribution in [3.8, 4) is 6.07 Å². The minimum absolute atomic E-state index is 0.00710. The quantitative estimate of drug-likeness (QED) is 0.234. The lowest BCUT2D eigenvalue weighted by atomic mass is 10.2. The Morgan fingerprint density at radius 1 is 1.15 bits per heavy atom. The number of halogens is 1. The zero-order chi connectivity index (χ0) is 20.2. The molecular weight excluding hydrogens is 417 g/mol. The summed E-state index contributed by atoms with van der Waals surface area (Å²) >= 11 is 3.35. The first-order valence-electron chi connectivity index (χ1n) is 9.29. The molecule has 0 aromatic heterocycles. The topological polar surface area (TPSA) is 74.6 Å². The van der Waals surface area contributed by atoms with Gasteiger partial charge in [-0.25, -0.2) is 4.67 Å². The standard InChI is InChI=1S/C18H35BrN3O3P/c1-15(2)22(16(3)4)26(25-14-10-11-20)24-13-9-7-8-12-21-17(23)18(5,6)19/h15-16H,7-10,12-14H2,1-6H3,(H,21,23). The van der Waals surface area contributed by atoms with Crippen LogP contribution in [0, 0.1) is 11.3 Å². The Bertz CT molecular complexity index is 428. The Kier molecular flexibility index (Phi) is 13.7. The van der Waals surface area contributed by atoms with Gasteiger partial charge in [0.05, 0.1) is 30.0 Å². The second-order valence-electron chi connectivity index (χ2n) is 7.17. The van der Waals surface area contributed by atoms with Crippen molar-refractivity contribution in [1.82, 2.24) is 9.99 Å². The predicted octanol–water partition coefficient (Wildman–Crippen LogP) is 4.74. The summed E-state index contributed by atoms with van der Waals surface area (Å²) in [6.45, 7) is 13.9. The number of nitrogens with zero attached hydrogens (tertiary/aromatic N) is 2. The van der Waals surface area contributed by atoms with Crippen molar-refractivity contribution in [1.29, 1.82) is 5.26 Å². The summed E-state index contributed by atoms with van der Waals surface area (Å²) in [6, 6.07) is 2.73. The molecule has 0 fully saturated rings. The van der Waals surface area contributed by atoms with Gasteiger partial charge in [-0.1, -0.05) is 15.9 Å². The molecule has 0 aromatic carbocycles. The van der Waals surface area contributed by atoms with Crippen molar-refractivity contribution in [2.45, 2.75) is 83.6 Å². The van der Waals surface area contributed by atoms with E-state index in [1.54, 1.807) is 0 Å². The van der Waals surface area contributed by atoms with Gasteiger partial charge in [0.15, 0.2) is 0 Å². The number of alkyl halides is 1. The van der Waals surface area contributed by atoms with E-state index < -0.39 is 12.9 Å².